The Bertz CT molecular complexity index is 849. The minimum atomic E-state index is -0.641. The van der Waals surface area contributed by atoms with E-state index in [0.717, 1.165) is 11.7 Å². The molecule has 0 atom stereocenters. The van der Waals surface area contributed by atoms with Crippen LogP contribution >= 0.6 is 23.3 Å². The van der Waals surface area contributed by atoms with Gasteiger partial charge in [-0.2, -0.15) is 8.75 Å². The number of nitrogens with one attached hydrogen (secondary N) is 1. The molecule has 1 amide bonds. The highest BCUT2D eigenvalue weighted by molar-refractivity contribution is 7.00. The third kappa shape index (κ3) is 2.46. The highest BCUT2D eigenvalue weighted by Crippen LogP contribution is 2.33. The molecule has 0 aliphatic rings. The van der Waals surface area contributed by atoms with Gasteiger partial charge in [-0.1, -0.05) is 11.6 Å². The fourth-order valence-corrected chi connectivity index (χ4v) is 2.51. The van der Waals surface area contributed by atoms with Crippen LogP contribution < -0.4 is 16.8 Å². The van der Waals surface area contributed by atoms with Crippen LogP contribution in [-0.2, 0) is 0 Å². The van der Waals surface area contributed by atoms with Crippen molar-refractivity contribution in [2.75, 3.05) is 11.1 Å². The first-order valence-electron chi connectivity index (χ1n) is 5.80. The molecule has 0 bridgehead atoms. The molecule has 21 heavy (non-hydrogen) atoms. The normalized spacial score (nSPS) is 10.7. The SMILES string of the molecule is NC(=O)c1ccc(N)c(Nc2c(Cl)ccc3nsnc23)n1. The molecule has 0 fully saturated rings. The van der Waals surface area contributed by atoms with E-state index >= 15 is 0 Å². The number of primary amides is 1. The number of amides is 1. The Kier molecular flexibility index (Phi) is 3.32. The number of pyridine rings is 1. The monoisotopic (exact) mass is 320 g/mol. The van der Waals surface area contributed by atoms with Gasteiger partial charge in [0.2, 0.25) is 0 Å². The summed E-state index contributed by atoms with van der Waals surface area (Å²) in [6.45, 7) is 0. The van der Waals surface area contributed by atoms with Crippen LogP contribution in [0.5, 0.6) is 0 Å². The number of halogens is 1. The van der Waals surface area contributed by atoms with Crippen molar-refractivity contribution in [1.29, 1.82) is 0 Å². The highest BCUT2D eigenvalue weighted by Gasteiger charge is 2.13. The second-order valence-electron chi connectivity index (χ2n) is 4.18. The molecule has 5 N–H and O–H groups in total. The predicted molar refractivity (Wildman–Crippen MR) is 82.9 cm³/mol. The van der Waals surface area contributed by atoms with E-state index in [1.807, 2.05) is 0 Å². The Balaban J connectivity index is 2.10. The quantitative estimate of drug-likeness (QED) is 0.680. The summed E-state index contributed by atoms with van der Waals surface area (Å²) in [4.78, 5) is 15.3. The lowest BCUT2D eigenvalue weighted by molar-refractivity contribution is 0.0996. The summed E-state index contributed by atoms with van der Waals surface area (Å²) in [5, 5.41) is 3.44. The summed E-state index contributed by atoms with van der Waals surface area (Å²) in [5.74, 6) is -0.355. The number of nitrogen functional groups attached to an aromatic ring is 1. The van der Waals surface area contributed by atoms with Crippen LogP contribution in [0.3, 0.4) is 0 Å². The summed E-state index contributed by atoms with van der Waals surface area (Å²) >= 11 is 7.25. The van der Waals surface area contributed by atoms with Crippen LogP contribution in [-0.4, -0.2) is 19.6 Å². The average molecular weight is 321 g/mol. The lowest BCUT2D eigenvalue weighted by Gasteiger charge is -2.11. The Hall–Kier alpha value is -2.45. The molecule has 0 saturated carbocycles. The zero-order valence-electron chi connectivity index (χ0n) is 10.5. The van der Waals surface area contributed by atoms with Crippen LogP contribution in [0.1, 0.15) is 10.5 Å². The molecule has 2 aromatic heterocycles. The summed E-state index contributed by atoms with van der Waals surface area (Å²) in [7, 11) is 0. The lowest BCUT2D eigenvalue weighted by Crippen LogP contribution is -2.14. The first-order valence-corrected chi connectivity index (χ1v) is 6.91. The van der Waals surface area contributed by atoms with E-state index in [4.69, 9.17) is 23.1 Å². The van der Waals surface area contributed by atoms with Crippen molar-refractivity contribution in [2.24, 2.45) is 5.73 Å². The molecule has 9 heteroatoms. The van der Waals surface area contributed by atoms with E-state index in [1.54, 1.807) is 18.2 Å². The van der Waals surface area contributed by atoms with Gasteiger partial charge in [0.25, 0.3) is 5.91 Å². The highest BCUT2D eigenvalue weighted by atomic mass is 35.5. The van der Waals surface area contributed by atoms with Crippen molar-refractivity contribution in [3.05, 3.63) is 35.0 Å². The van der Waals surface area contributed by atoms with Crippen molar-refractivity contribution in [1.82, 2.24) is 13.7 Å². The Labute approximate surface area is 128 Å². The third-order valence-electron chi connectivity index (χ3n) is 2.80. The van der Waals surface area contributed by atoms with Gasteiger partial charge in [-0.15, -0.1) is 0 Å². The van der Waals surface area contributed by atoms with Crippen molar-refractivity contribution in [3.63, 3.8) is 0 Å². The average Bonchev–Trinajstić information content (AvgIpc) is 2.92. The van der Waals surface area contributed by atoms with Crippen molar-refractivity contribution in [3.8, 4) is 0 Å². The van der Waals surface area contributed by atoms with Gasteiger partial charge >= 0.3 is 0 Å². The Morgan fingerprint density at radius 3 is 2.81 bits per heavy atom. The molecular formula is C12H9ClN6OS. The number of benzene rings is 1. The number of rotatable bonds is 3. The number of nitrogens with two attached hydrogens (primary N) is 2. The molecule has 0 spiro atoms. The molecule has 1 aromatic carbocycles. The number of fused-ring (bicyclic) bond motifs is 1. The van der Waals surface area contributed by atoms with Crippen LogP contribution in [0, 0.1) is 0 Å². The minimum Gasteiger partial charge on any atom is -0.396 e. The van der Waals surface area contributed by atoms with Crippen molar-refractivity contribution in [2.45, 2.75) is 0 Å². The maximum Gasteiger partial charge on any atom is 0.267 e. The van der Waals surface area contributed by atoms with E-state index in [-0.39, 0.29) is 11.5 Å². The van der Waals surface area contributed by atoms with Gasteiger partial charge in [0.1, 0.15) is 16.7 Å². The maximum absolute atomic E-state index is 11.2. The summed E-state index contributed by atoms with van der Waals surface area (Å²) in [6.07, 6.45) is 0. The number of anilines is 3. The van der Waals surface area contributed by atoms with Gasteiger partial charge in [0.05, 0.1) is 28.1 Å². The number of aromatic nitrogens is 3. The maximum atomic E-state index is 11.2. The van der Waals surface area contributed by atoms with Gasteiger partial charge in [-0.25, -0.2) is 4.98 Å². The van der Waals surface area contributed by atoms with Gasteiger partial charge in [-0.3, -0.25) is 4.79 Å². The molecule has 0 radical (unpaired) electrons. The second-order valence-corrected chi connectivity index (χ2v) is 5.11. The molecule has 0 unspecified atom stereocenters. The van der Waals surface area contributed by atoms with Crippen molar-refractivity contribution >= 4 is 57.5 Å². The standard InChI is InChI=1S/C12H9ClN6OS/c13-5-1-3-7-10(19-21-18-7)9(5)17-12-6(14)2-4-8(16-12)11(15)20/h1-4H,14H2,(H2,15,20)(H,16,17). The zero-order valence-corrected chi connectivity index (χ0v) is 12.1. The number of nitrogens with zero attached hydrogens (tertiary/aromatic N) is 3. The Morgan fingerprint density at radius 2 is 2.05 bits per heavy atom. The molecule has 0 saturated heterocycles. The molecule has 3 aromatic rings. The van der Waals surface area contributed by atoms with Crippen LogP contribution in [0.2, 0.25) is 5.02 Å². The van der Waals surface area contributed by atoms with Gasteiger partial charge < -0.3 is 16.8 Å². The largest absolute Gasteiger partial charge is 0.396 e. The van der Waals surface area contributed by atoms with E-state index in [9.17, 15) is 4.79 Å². The smallest absolute Gasteiger partial charge is 0.267 e. The fourth-order valence-electron chi connectivity index (χ4n) is 1.77. The summed E-state index contributed by atoms with van der Waals surface area (Å²) in [5.41, 5.74) is 13.4. The second kappa shape index (κ2) is 5.15. The van der Waals surface area contributed by atoms with E-state index in [0.29, 0.717) is 27.4 Å². The topological polar surface area (TPSA) is 120 Å². The van der Waals surface area contributed by atoms with Crippen LogP contribution in [0.15, 0.2) is 24.3 Å². The predicted octanol–water partition coefficient (Wildman–Crippen LogP) is 2.16. The van der Waals surface area contributed by atoms with Crippen molar-refractivity contribution < 1.29 is 4.79 Å². The van der Waals surface area contributed by atoms with Crippen LogP contribution in [0.25, 0.3) is 11.0 Å². The first-order chi connectivity index (χ1) is 10.1. The summed E-state index contributed by atoms with van der Waals surface area (Å²) in [6, 6.07) is 6.46. The third-order valence-corrected chi connectivity index (χ3v) is 3.66. The number of hydrogen-bond acceptors (Lipinski definition) is 7. The van der Waals surface area contributed by atoms with E-state index in [1.165, 1.54) is 6.07 Å². The Morgan fingerprint density at radius 1 is 1.24 bits per heavy atom. The van der Waals surface area contributed by atoms with E-state index < -0.39 is 5.91 Å². The lowest BCUT2D eigenvalue weighted by atomic mass is 10.2. The number of carbonyl (C=O) groups excluding carboxylic acids is 1. The molecule has 0 aliphatic carbocycles. The summed E-state index contributed by atoms with van der Waals surface area (Å²) < 4.78 is 8.32. The van der Waals surface area contributed by atoms with E-state index in [2.05, 4.69) is 19.0 Å². The molecule has 106 valence electrons. The minimum absolute atomic E-state index is 0.103. The molecule has 3 rings (SSSR count). The molecule has 7 nitrogen and oxygen atoms in total. The molecular weight excluding hydrogens is 312 g/mol. The first kappa shape index (κ1) is 13.5. The fraction of sp³-hybridized carbons (Fsp3) is 0. The van der Waals surface area contributed by atoms with Crippen LogP contribution in [0.4, 0.5) is 17.2 Å². The van der Waals surface area contributed by atoms with Gasteiger partial charge in [0, 0.05) is 0 Å². The van der Waals surface area contributed by atoms with Gasteiger partial charge in [-0.05, 0) is 24.3 Å². The zero-order chi connectivity index (χ0) is 15.0. The number of carbonyl (C=O) groups is 1. The number of hydrogen-bond donors (Lipinski definition) is 3. The van der Waals surface area contributed by atoms with Gasteiger partial charge in [0.15, 0.2) is 5.82 Å². The molecule has 0 aliphatic heterocycles. The molecule has 2 heterocycles.